The molecule has 1 heterocycles. The lowest BCUT2D eigenvalue weighted by molar-refractivity contribution is 0.0372. The molecule has 1 unspecified atom stereocenters. The first kappa shape index (κ1) is 22.5. The van der Waals surface area contributed by atoms with Gasteiger partial charge in [0.2, 0.25) is 0 Å². The van der Waals surface area contributed by atoms with Crippen LogP contribution in [0.4, 0.5) is 0 Å². The van der Waals surface area contributed by atoms with E-state index in [-0.39, 0.29) is 6.10 Å². The van der Waals surface area contributed by atoms with Crippen molar-refractivity contribution in [2.24, 2.45) is 4.99 Å². The Morgan fingerprint density at radius 1 is 1.25 bits per heavy atom. The van der Waals surface area contributed by atoms with Crippen LogP contribution >= 0.6 is 0 Å². The number of aryl methyl sites for hydroxylation is 1. The summed E-state index contributed by atoms with van der Waals surface area (Å²) in [6, 6.07) is 6.38. The Morgan fingerprint density at radius 3 is 2.75 bits per heavy atom. The molecule has 0 aliphatic carbocycles. The number of guanidine groups is 1. The Kier molecular flexibility index (Phi) is 10.1. The Labute approximate surface area is 170 Å². The highest BCUT2D eigenvalue weighted by Gasteiger charge is 2.10. The van der Waals surface area contributed by atoms with Gasteiger partial charge < -0.3 is 20.1 Å². The molecule has 1 saturated heterocycles. The van der Waals surface area contributed by atoms with Gasteiger partial charge in [0.15, 0.2) is 5.96 Å². The van der Waals surface area contributed by atoms with Crippen LogP contribution < -0.4 is 15.4 Å². The zero-order valence-corrected chi connectivity index (χ0v) is 18.1. The fourth-order valence-electron chi connectivity index (χ4n) is 3.11. The van der Waals surface area contributed by atoms with Crippen molar-refractivity contribution in [3.63, 3.8) is 0 Å². The largest absolute Gasteiger partial charge is 0.490 e. The monoisotopic (exact) mass is 390 g/mol. The van der Waals surface area contributed by atoms with E-state index >= 15 is 0 Å². The van der Waals surface area contributed by atoms with Gasteiger partial charge in [0.1, 0.15) is 5.75 Å². The third-order valence-electron chi connectivity index (χ3n) is 5.09. The predicted octanol–water partition coefficient (Wildman–Crippen LogP) is 2.95. The molecule has 1 aromatic carbocycles. The molecule has 1 aromatic rings. The summed E-state index contributed by atoms with van der Waals surface area (Å²) in [5.41, 5.74) is 2.37. The minimum absolute atomic E-state index is 0.212. The molecule has 0 saturated carbocycles. The second-order valence-corrected chi connectivity index (χ2v) is 7.46. The quantitative estimate of drug-likeness (QED) is 0.365. The summed E-state index contributed by atoms with van der Waals surface area (Å²) in [6.07, 6.45) is 3.53. The maximum absolute atomic E-state index is 6.10. The van der Waals surface area contributed by atoms with Crippen molar-refractivity contribution in [2.45, 2.75) is 52.7 Å². The smallest absolute Gasteiger partial charge is 0.191 e. The molecule has 0 radical (unpaired) electrons. The SMILES string of the molecule is CCC(C)Oc1cc(C)ccc1CNC(=NC)NCCCCN1CCOCC1. The fraction of sp³-hybridized carbons (Fsp3) is 0.682. The summed E-state index contributed by atoms with van der Waals surface area (Å²) in [5, 5.41) is 6.82. The molecule has 6 heteroatoms. The van der Waals surface area contributed by atoms with Crippen molar-refractivity contribution in [1.82, 2.24) is 15.5 Å². The number of morpholine rings is 1. The summed E-state index contributed by atoms with van der Waals surface area (Å²) in [5.74, 6) is 1.80. The Morgan fingerprint density at radius 2 is 2.04 bits per heavy atom. The number of aliphatic imine (C=N–C) groups is 1. The number of nitrogens with one attached hydrogen (secondary N) is 2. The van der Waals surface area contributed by atoms with E-state index in [4.69, 9.17) is 9.47 Å². The van der Waals surface area contributed by atoms with Crippen LogP contribution in [0.3, 0.4) is 0 Å². The summed E-state index contributed by atoms with van der Waals surface area (Å²) < 4.78 is 11.5. The molecule has 1 atom stereocenters. The molecule has 1 aliphatic rings. The zero-order valence-electron chi connectivity index (χ0n) is 18.1. The van der Waals surface area contributed by atoms with E-state index < -0.39 is 0 Å². The van der Waals surface area contributed by atoms with Crippen LogP contribution in [-0.2, 0) is 11.3 Å². The molecule has 0 bridgehead atoms. The average Bonchev–Trinajstić information content (AvgIpc) is 2.71. The normalized spacial score (nSPS) is 16.6. The van der Waals surface area contributed by atoms with Crippen LogP contribution in [0.15, 0.2) is 23.2 Å². The van der Waals surface area contributed by atoms with Gasteiger partial charge >= 0.3 is 0 Å². The van der Waals surface area contributed by atoms with Gasteiger partial charge in [-0.05, 0) is 51.3 Å². The molecule has 0 amide bonds. The topological polar surface area (TPSA) is 58.1 Å². The molecular weight excluding hydrogens is 352 g/mol. The molecule has 158 valence electrons. The standard InChI is InChI=1S/C22H38N4O2/c1-5-19(3)28-21-16-18(2)8-9-20(21)17-25-22(23-4)24-10-6-7-11-26-12-14-27-15-13-26/h8-9,16,19H,5-7,10-15,17H2,1-4H3,(H2,23,24,25). The van der Waals surface area contributed by atoms with Gasteiger partial charge in [0, 0.05) is 38.8 Å². The molecule has 1 fully saturated rings. The van der Waals surface area contributed by atoms with Gasteiger partial charge in [0.05, 0.1) is 19.3 Å². The molecule has 28 heavy (non-hydrogen) atoms. The number of ether oxygens (including phenoxy) is 2. The highest BCUT2D eigenvalue weighted by atomic mass is 16.5. The second-order valence-electron chi connectivity index (χ2n) is 7.46. The second kappa shape index (κ2) is 12.6. The first-order valence-electron chi connectivity index (χ1n) is 10.6. The maximum atomic E-state index is 6.10. The van der Waals surface area contributed by atoms with Crippen molar-refractivity contribution in [3.05, 3.63) is 29.3 Å². The zero-order chi connectivity index (χ0) is 20.2. The molecule has 1 aliphatic heterocycles. The number of rotatable bonds is 10. The van der Waals surface area contributed by atoms with Crippen molar-refractivity contribution in [3.8, 4) is 5.75 Å². The highest BCUT2D eigenvalue weighted by molar-refractivity contribution is 5.79. The summed E-state index contributed by atoms with van der Waals surface area (Å²) in [4.78, 5) is 6.82. The fourth-order valence-corrected chi connectivity index (χ4v) is 3.11. The van der Waals surface area contributed by atoms with E-state index in [0.717, 1.165) is 69.5 Å². The van der Waals surface area contributed by atoms with E-state index in [0.29, 0.717) is 6.54 Å². The number of unbranched alkanes of at least 4 members (excludes halogenated alkanes) is 1. The average molecular weight is 391 g/mol. The van der Waals surface area contributed by atoms with Crippen LogP contribution in [-0.4, -0.2) is 63.4 Å². The molecule has 0 aromatic heterocycles. The van der Waals surface area contributed by atoms with E-state index in [1.54, 1.807) is 0 Å². The first-order valence-corrected chi connectivity index (χ1v) is 10.6. The summed E-state index contributed by atoms with van der Waals surface area (Å²) >= 11 is 0. The lowest BCUT2D eigenvalue weighted by atomic mass is 10.1. The van der Waals surface area contributed by atoms with Crippen LogP contribution in [0.25, 0.3) is 0 Å². The molecular formula is C22H38N4O2. The van der Waals surface area contributed by atoms with Gasteiger partial charge in [-0.25, -0.2) is 0 Å². The van der Waals surface area contributed by atoms with Crippen molar-refractivity contribution in [2.75, 3.05) is 46.4 Å². The summed E-state index contributed by atoms with van der Waals surface area (Å²) in [6.45, 7) is 13.0. The van der Waals surface area contributed by atoms with Crippen LogP contribution in [0.5, 0.6) is 5.75 Å². The Bertz CT molecular complexity index is 600. The van der Waals surface area contributed by atoms with Crippen molar-refractivity contribution in [1.29, 1.82) is 0 Å². The van der Waals surface area contributed by atoms with E-state index in [1.165, 1.54) is 12.0 Å². The van der Waals surface area contributed by atoms with Crippen LogP contribution in [0, 0.1) is 6.92 Å². The first-order chi connectivity index (χ1) is 13.6. The maximum Gasteiger partial charge on any atom is 0.191 e. The third-order valence-corrected chi connectivity index (χ3v) is 5.09. The Hall–Kier alpha value is -1.79. The van der Waals surface area contributed by atoms with Gasteiger partial charge in [-0.1, -0.05) is 19.1 Å². The van der Waals surface area contributed by atoms with E-state index in [1.807, 2.05) is 7.05 Å². The minimum Gasteiger partial charge on any atom is -0.490 e. The number of hydrogen-bond donors (Lipinski definition) is 2. The molecule has 2 rings (SSSR count). The van der Waals surface area contributed by atoms with E-state index in [2.05, 4.69) is 59.5 Å². The molecule has 2 N–H and O–H groups in total. The van der Waals surface area contributed by atoms with Crippen LogP contribution in [0.2, 0.25) is 0 Å². The lowest BCUT2D eigenvalue weighted by Gasteiger charge is -2.26. The Balaban J connectivity index is 1.72. The highest BCUT2D eigenvalue weighted by Crippen LogP contribution is 2.22. The number of benzene rings is 1. The van der Waals surface area contributed by atoms with Gasteiger partial charge in [-0.2, -0.15) is 0 Å². The van der Waals surface area contributed by atoms with Crippen molar-refractivity contribution >= 4 is 5.96 Å². The predicted molar refractivity (Wildman–Crippen MR) is 116 cm³/mol. The van der Waals surface area contributed by atoms with Crippen LogP contribution in [0.1, 0.15) is 44.2 Å². The molecule has 0 spiro atoms. The van der Waals surface area contributed by atoms with Gasteiger partial charge in [-0.3, -0.25) is 9.89 Å². The van der Waals surface area contributed by atoms with Crippen molar-refractivity contribution < 1.29 is 9.47 Å². The van der Waals surface area contributed by atoms with Gasteiger partial charge in [-0.15, -0.1) is 0 Å². The number of nitrogens with zero attached hydrogens (tertiary/aromatic N) is 2. The third kappa shape index (κ3) is 8.07. The molecule has 6 nitrogen and oxygen atoms in total. The minimum atomic E-state index is 0.212. The van der Waals surface area contributed by atoms with Gasteiger partial charge in [0.25, 0.3) is 0 Å². The summed E-state index contributed by atoms with van der Waals surface area (Å²) in [7, 11) is 1.81. The number of hydrogen-bond acceptors (Lipinski definition) is 4. The van der Waals surface area contributed by atoms with E-state index in [9.17, 15) is 0 Å². The lowest BCUT2D eigenvalue weighted by Crippen LogP contribution is -2.38.